The maximum atomic E-state index is 12.9. The number of hydrogen-bond donors (Lipinski definition) is 0. The summed E-state index contributed by atoms with van der Waals surface area (Å²) >= 11 is 0. The minimum Gasteiger partial charge on any atom is -0.310 e. The zero-order valence-corrected chi connectivity index (χ0v) is 15.3. The monoisotopic (exact) mass is 360 g/mol. The molecule has 1 aromatic heterocycles. The zero-order chi connectivity index (χ0) is 19.2. The number of carbonyl (C=O) groups excluding carboxylic acids is 1. The van der Waals surface area contributed by atoms with Gasteiger partial charge in [0.2, 0.25) is 5.82 Å². The quantitative estimate of drug-likeness (QED) is 0.674. The molecule has 136 valence electrons. The summed E-state index contributed by atoms with van der Waals surface area (Å²) < 4.78 is 0. The number of aryl methyl sites for hydroxylation is 2. The number of carbonyl (C=O) groups is 1. The van der Waals surface area contributed by atoms with E-state index in [0.717, 1.165) is 22.4 Å². The van der Waals surface area contributed by atoms with Crippen molar-refractivity contribution in [3.8, 4) is 17.5 Å². The van der Waals surface area contributed by atoms with E-state index >= 15 is 0 Å². The molecule has 0 atom stereocenters. The van der Waals surface area contributed by atoms with Gasteiger partial charge in [0.05, 0.1) is 12.5 Å². The third-order valence-electron chi connectivity index (χ3n) is 4.03. The molecule has 0 unspecified atom stereocenters. The van der Waals surface area contributed by atoms with Gasteiger partial charge in [-0.2, -0.15) is 10.1 Å². The lowest BCUT2D eigenvalue weighted by Gasteiger charge is -2.22. The van der Waals surface area contributed by atoms with Gasteiger partial charge in [0.1, 0.15) is 6.54 Å². The summed E-state index contributed by atoms with van der Waals surface area (Å²) in [6.07, 6.45) is 0.249. The maximum absolute atomic E-state index is 12.9. The zero-order valence-electron chi connectivity index (χ0n) is 15.3. The Bertz CT molecular complexity index is 953. The Hall–Kier alpha value is -3.53. The highest BCUT2D eigenvalue weighted by Crippen LogP contribution is 2.20. The standard InChI is InChI=1S/C20H20N6O/c1-15-11-16(2)13-18(12-15)25(10-6-9-21)19(27)14-26-23-20(22-24-26)17-7-4-3-5-8-17/h3-5,7-8,11-13H,6,10,14H2,1-2H3. The lowest BCUT2D eigenvalue weighted by molar-refractivity contribution is -0.119. The topological polar surface area (TPSA) is 87.7 Å². The van der Waals surface area contributed by atoms with Gasteiger partial charge in [0, 0.05) is 17.8 Å². The largest absolute Gasteiger partial charge is 0.310 e. The number of nitriles is 1. The molecule has 0 fully saturated rings. The predicted octanol–water partition coefficient (Wildman–Crippen LogP) is 2.90. The van der Waals surface area contributed by atoms with Crippen LogP contribution in [-0.4, -0.2) is 32.7 Å². The summed E-state index contributed by atoms with van der Waals surface area (Å²) in [4.78, 5) is 15.8. The van der Waals surface area contributed by atoms with E-state index in [0.29, 0.717) is 12.4 Å². The van der Waals surface area contributed by atoms with Crippen molar-refractivity contribution >= 4 is 11.6 Å². The summed E-state index contributed by atoms with van der Waals surface area (Å²) in [5.41, 5.74) is 3.73. The molecule has 3 rings (SSSR count). The smallest absolute Gasteiger partial charge is 0.250 e. The van der Waals surface area contributed by atoms with E-state index in [2.05, 4.69) is 21.5 Å². The van der Waals surface area contributed by atoms with Crippen LogP contribution >= 0.6 is 0 Å². The SMILES string of the molecule is Cc1cc(C)cc(N(CCC#N)C(=O)Cn2nnc(-c3ccccc3)n2)c1. The first-order chi connectivity index (χ1) is 13.1. The predicted molar refractivity (Wildman–Crippen MR) is 102 cm³/mol. The van der Waals surface area contributed by atoms with Crippen LogP contribution in [0.1, 0.15) is 17.5 Å². The molecule has 1 heterocycles. The van der Waals surface area contributed by atoms with Gasteiger partial charge in [-0.25, -0.2) is 0 Å². The number of rotatable bonds is 6. The second-order valence-electron chi connectivity index (χ2n) is 6.31. The van der Waals surface area contributed by atoms with Crippen molar-refractivity contribution in [1.29, 1.82) is 5.26 Å². The van der Waals surface area contributed by atoms with Gasteiger partial charge >= 0.3 is 0 Å². The van der Waals surface area contributed by atoms with Crippen molar-refractivity contribution in [1.82, 2.24) is 20.2 Å². The Morgan fingerprint density at radius 3 is 2.52 bits per heavy atom. The van der Waals surface area contributed by atoms with E-state index in [1.807, 2.05) is 62.4 Å². The van der Waals surface area contributed by atoms with E-state index in [1.54, 1.807) is 4.90 Å². The molecule has 7 heteroatoms. The number of tetrazole rings is 1. The van der Waals surface area contributed by atoms with Gasteiger partial charge in [-0.05, 0) is 42.3 Å². The number of benzene rings is 2. The van der Waals surface area contributed by atoms with E-state index in [4.69, 9.17) is 5.26 Å². The molecule has 2 aromatic carbocycles. The molecule has 0 bridgehead atoms. The molecule has 0 N–H and O–H groups in total. The molecule has 0 radical (unpaired) electrons. The van der Waals surface area contributed by atoms with Gasteiger partial charge < -0.3 is 4.90 Å². The molecule has 1 amide bonds. The lowest BCUT2D eigenvalue weighted by Crippen LogP contribution is -2.35. The summed E-state index contributed by atoms with van der Waals surface area (Å²) in [6.45, 7) is 4.24. The molecular weight excluding hydrogens is 340 g/mol. The van der Waals surface area contributed by atoms with Gasteiger partial charge in [-0.1, -0.05) is 36.4 Å². The van der Waals surface area contributed by atoms with Crippen LogP contribution in [0.2, 0.25) is 0 Å². The normalized spacial score (nSPS) is 10.4. The molecular formula is C20H20N6O. The van der Waals surface area contributed by atoms with Crippen LogP contribution < -0.4 is 4.90 Å². The minimum absolute atomic E-state index is 0.0434. The van der Waals surface area contributed by atoms with Crippen molar-refractivity contribution in [2.45, 2.75) is 26.8 Å². The van der Waals surface area contributed by atoms with Crippen molar-refractivity contribution in [2.75, 3.05) is 11.4 Å². The number of hydrogen-bond acceptors (Lipinski definition) is 5. The molecule has 0 saturated heterocycles. The number of aromatic nitrogens is 4. The first-order valence-electron chi connectivity index (χ1n) is 8.65. The van der Waals surface area contributed by atoms with Crippen LogP contribution in [0.4, 0.5) is 5.69 Å². The number of nitrogens with zero attached hydrogens (tertiary/aromatic N) is 6. The highest BCUT2D eigenvalue weighted by Gasteiger charge is 2.18. The molecule has 0 saturated carbocycles. The van der Waals surface area contributed by atoms with Crippen LogP contribution in [0.25, 0.3) is 11.4 Å². The van der Waals surface area contributed by atoms with Gasteiger partial charge in [-0.3, -0.25) is 4.79 Å². The third kappa shape index (κ3) is 4.55. The third-order valence-corrected chi connectivity index (χ3v) is 4.03. The molecule has 0 aliphatic carbocycles. The van der Waals surface area contributed by atoms with Crippen LogP contribution in [-0.2, 0) is 11.3 Å². The van der Waals surface area contributed by atoms with Crippen LogP contribution in [0.5, 0.6) is 0 Å². The summed E-state index contributed by atoms with van der Waals surface area (Å²) in [5, 5.41) is 21.2. The van der Waals surface area contributed by atoms with Crippen LogP contribution in [0, 0.1) is 25.2 Å². The fourth-order valence-corrected chi connectivity index (χ4v) is 2.89. The average molecular weight is 360 g/mol. The average Bonchev–Trinajstić information content (AvgIpc) is 3.10. The van der Waals surface area contributed by atoms with E-state index in [1.165, 1.54) is 4.80 Å². The van der Waals surface area contributed by atoms with Crippen molar-refractivity contribution in [2.24, 2.45) is 0 Å². The van der Waals surface area contributed by atoms with E-state index < -0.39 is 0 Å². The molecule has 27 heavy (non-hydrogen) atoms. The van der Waals surface area contributed by atoms with E-state index in [9.17, 15) is 4.79 Å². The fraction of sp³-hybridized carbons (Fsp3) is 0.250. The van der Waals surface area contributed by atoms with Gasteiger partial charge in [0.15, 0.2) is 0 Å². The lowest BCUT2D eigenvalue weighted by atomic mass is 10.1. The van der Waals surface area contributed by atoms with Crippen molar-refractivity contribution in [3.05, 3.63) is 59.7 Å². The van der Waals surface area contributed by atoms with Crippen molar-refractivity contribution < 1.29 is 4.79 Å². The molecule has 0 aliphatic rings. The number of anilines is 1. The number of amides is 1. The first kappa shape index (κ1) is 18.3. The highest BCUT2D eigenvalue weighted by molar-refractivity contribution is 5.93. The second kappa shape index (κ2) is 8.23. The van der Waals surface area contributed by atoms with E-state index in [-0.39, 0.29) is 18.9 Å². The fourth-order valence-electron chi connectivity index (χ4n) is 2.89. The highest BCUT2D eigenvalue weighted by atomic mass is 16.2. The van der Waals surface area contributed by atoms with Gasteiger partial charge in [0.25, 0.3) is 5.91 Å². The molecule has 0 spiro atoms. The Morgan fingerprint density at radius 2 is 1.85 bits per heavy atom. The maximum Gasteiger partial charge on any atom is 0.250 e. The van der Waals surface area contributed by atoms with Crippen molar-refractivity contribution in [3.63, 3.8) is 0 Å². The second-order valence-corrected chi connectivity index (χ2v) is 6.31. The molecule has 3 aromatic rings. The summed E-state index contributed by atoms with van der Waals surface area (Å²) in [5.74, 6) is 0.283. The van der Waals surface area contributed by atoms with Crippen LogP contribution in [0.15, 0.2) is 48.5 Å². The molecule has 7 nitrogen and oxygen atoms in total. The Balaban J connectivity index is 1.81. The van der Waals surface area contributed by atoms with Gasteiger partial charge in [-0.15, -0.1) is 10.2 Å². The Kier molecular flexibility index (Phi) is 5.57. The Labute approximate surface area is 157 Å². The summed E-state index contributed by atoms with van der Waals surface area (Å²) in [7, 11) is 0. The minimum atomic E-state index is -0.188. The summed E-state index contributed by atoms with van der Waals surface area (Å²) in [6, 6.07) is 17.5. The molecule has 0 aliphatic heterocycles. The van der Waals surface area contributed by atoms with Crippen LogP contribution in [0.3, 0.4) is 0 Å². The first-order valence-corrected chi connectivity index (χ1v) is 8.65. The Morgan fingerprint density at radius 1 is 1.15 bits per heavy atom.